The normalized spacial score (nSPS) is 19.3. The molecular formula is C13H20N2. The molecule has 2 nitrogen and oxygen atoms in total. The molecule has 0 radical (unpaired) electrons. The minimum atomic E-state index is 0.510. The lowest BCUT2D eigenvalue weighted by molar-refractivity contribution is 0.413. The van der Waals surface area contributed by atoms with E-state index in [2.05, 4.69) is 29.5 Å². The molecule has 0 saturated heterocycles. The first-order valence-electron chi connectivity index (χ1n) is 5.97. The van der Waals surface area contributed by atoms with E-state index in [1.807, 2.05) is 12.4 Å². The summed E-state index contributed by atoms with van der Waals surface area (Å²) in [5.74, 6) is 0.926. The Morgan fingerprint density at radius 1 is 1.33 bits per heavy atom. The fourth-order valence-electron chi connectivity index (χ4n) is 2.60. The van der Waals surface area contributed by atoms with Gasteiger partial charge in [0.05, 0.1) is 0 Å². The Balaban J connectivity index is 1.97. The smallest absolute Gasteiger partial charge is 0.0321 e. The van der Waals surface area contributed by atoms with E-state index in [4.69, 9.17) is 0 Å². The van der Waals surface area contributed by atoms with Crippen molar-refractivity contribution in [3.8, 4) is 0 Å². The Morgan fingerprint density at radius 2 is 2.00 bits per heavy atom. The van der Waals surface area contributed by atoms with Crippen LogP contribution < -0.4 is 5.32 Å². The second-order valence-electron chi connectivity index (χ2n) is 4.51. The van der Waals surface area contributed by atoms with Crippen molar-refractivity contribution in [2.45, 2.75) is 38.1 Å². The van der Waals surface area contributed by atoms with Crippen LogP contribution in [0, 0.1) is 5.92 Å². The summed E-state index contributed by atoms with van der Waals surface area (Å²) in [5, 5.41) is 3.42. The minimum absolute atomic E-state index is 0.510. The van der Waals surface area contributed by atoms with Crippen molar-refractivity contribution in [3.05, 3.63) is 30.1 Å². The SMILES string of the molecule is CNC(CC1CCCC1)c1ccncc1. The molecule has 1 unspecified atom stereocenters. The van der Waals surface area contributed by atoms with Crippen LogP contribution in [-0.2, 0) is 0 Å². The number of aromatic nitrogens is 1. The maximum atomic E-state index is 4.07. The van der Waals surface area contributed by atoms with Gasteiger partial charge in [0.25, 0.3) is 0 Å². The molecule has 1 fully saturated rings. The van der Waals surface area contributed by atoms with Crippen molar-refractivity contribution in [1.29, 1.82) is 0 Å². The molecule has 0 amide bonds. The maximum absolute atomic E-state index is 4.07. The molecule has 1 heterocycles. The molecule has 1 atom stereocenters. The third-order valence-corrected chi connectivity index (χ3v) is 3.50. The van der Waals surface area contributed by atoms with Crippen molar-refractivity contribution < 1.29 is 0 Å². The molecule has 82 valence electrons. The zero-order valence-electron chi connectivity index (χ0n) is 9.45. The fraction of sp³-hybridized carbons (Fsp3) is 0.615. The molecule has 0 aromatic carbocycles. The standard InChI is InChI=1S/C13H20N2/c1-14-13(10-11-4-2-3-5-11)12-6-8-15-9-7-12/h6-9,11,13-14H,2-5,10H2,1H3. The zero-order chi connectivity index (χ0) is 10.5. The number of hydrogen-bond donors (Lipinski definition) is 1. The molecule has 1 saturated carbocycles. The molecule has 0 aliphatic heterocycles. The van der Waals surface area contributed by atoms with Crippen LogP contribution in [0.25, 0.3) is 0 Å². The number of pyridine rings is 1. The Labute approximate surface area is 92.1 Å². The monoisotopic (exact) mass is 204 g/mol. The van der Waals surface area contributed by atoms with Crippen molar-refractivity contribution in [1.82, 2.24) is 10.3 Å². The zero-order valence-corrected chi connectivity index (χ0v) is 9.45. The predicted molar refractivity (Wildman–Crippen MR) is 62.6 cm³/mol. The Kier molecular flexibility index (Phi) is 3.73. The van der Waals surface area contributed by atoms with Gasteiger partial charge in [0.1, 0.15) is 0 Å². The molecule has 0 spiro atoms. The van der Waals surface area contributed by atoms with Crippen LogP contribution >= 0.6 is 0 Å². The summed E-state index contributed by atoms with van der Waals surface area (Å²) in [4.78, 5) is 4.07. The number of nitrogens with zero attached hydrogens (tertiary/aromatic N) is 1. The summed E-state index contributed by atoms with van der Waals surface area (Å²) >= 11 is 0. The summed E-state index contributed by atoms with van der Waals surface area (Å²) in [7, 11) is 2.06. The molecule has 1 aliphatic rings. The first-order chi connectivity index (χ1) is 7.40. The van der Waals surface area contributed by atoms with E-state index in [1.165, 1.54) is 37.7 Å². The number of hydrogen-bond acceptors (Lipinski definition) is 2. The number of rotatable bonds is 4. The topological polar surface area (TPSA) is 24.9 Å². The summed E-state index contributed by atoms with van der Waals surface area (Å²) in [6.07, 6.45) is 10.7. The van der Waals surface area contributed by atoms with Gasteiger partial charge in [-0.15, -0.1) is 0 Å². The quantitative estimate of drug-likeness (QED) is 0.815. The van der Waals surface area contributed by atoms with Crippen LogP contribution in [0.5, 0.6) is 0 Å². The van der Waals surface area contributed by atoms with E-state index in [0.717, 1.165) is 5.92 Å². The molecule has 2 rings (SSSR count). The van der Waals surface area contributed by atoms with Gasteiger partial charge in [-0.1, -0.05) is 25.7 Å². The maximum Gasteiger partial charge on any atom is 0.0321 e. The highest BCUT2D eigenvalue weighted by Gasteiger charge is 2.19. The van der Waals surface area contributed by atoms with E-state index in [1.54, 1.807) is 0 Å². The van der Waals surface area contributed by atoms with E-state index >= 15 is 0 Å². The molecule has 2 heteroatoms. The van der Waals surface area contributed by atoms with Crippen LogP contribution in [0.15, 0.2) is 24.5 Å². The van der Waals surface area contributed by atoms with Gasteiger partial charge >= 0.3 is 0 Å². The van der Waals surface area contributed by atoms with Gasteiger partial charge in [-0.25, -0.2) is 0 Å². The summed E-state index contributed by atoms with van der Waals surface area (Å²) < 4.78 is 0. The first-order valence-corrected chi connectivity index (χ1v) is 5.97. The summed E-state index contributed by atoms with van der Waals surface area (Å²) in [6, 6.07) is 4.75. The average Bonchev–Trinajstić information content (AvgIpc) is 2.80. The summed E-state index contributed by atoms with van der Waals surface area (Å²) in [6.45, 7) is 0. The molecule has 1 aromatic rings. The summed E-state index contributed by atoms with van der Waals surface area (Å²) in [5.41, 5.74) is 1.37. The van der Waals surface area contributed by atoms with Crippen molar-refractivity contribution >= 4 is 0 Å². The Hall–Kier alpha value is -0.890. The Bertz CT molecular complexity index is 278. The van der Waals surface area contributed by atoms with Crippen LogP contribution in [0.4, 0.5) is 0 Å². The van der Waals surface area contributed by atoms with Gasteiger partial charge in [0.2, 0.25) is 0 Å². The predicted octanol–water partition coefficient (Wildman–Crippen LogP) is 2.92. The van der Waals surface area contributed by atoms with Crippen molar-refractivity contribution in [2.75, 3.05) is 7.05 Å². The molecular weight excluding hydrogens is 184 g/mol. The van der Waals surface area contributed by atoms with E-state index in [0.29, 0.717) is 6.04 Å². The lowest BCUT2D eigenvalue weighted by atomic mass is 9.94. The highest BCUT2D eigenvalue weighted by molar-refractivity contribution is 5.14. The van der Waals surface area contributed by atoms with Crippen LogP contribution in [0.1, 0.15) is 43.7 Å². The van der Waals surface area contributed by atoms with Gasteiger partial charge in [-0.05, 0) is 37.1 Å². The molecule has 1 N–H and O–H groups in total. The number of nitrogens with one attached hydrogen (secondary N) is 1. The lowest BCUT2D eigenvalue weighted by Gasteiger charge is -2.20. The van der Waals surface area contributed by atoms with Crippen LogP contribution in [-0.4, -0.2) is 12.0 Å². The first kappa shape index (κ1) is 10.6. The average molecular weight is 204 g/mol. The van der Waals surface area contributed by atoms with E-state index in [9.17, 15) is 0 Å². The highest BCUT2D eigenvalue weighted by atomic mass is 14.9. The van der Waals surface area contributed by atoms with Crippen LogP contribution in [0.2, 0.25) is 0 Å². The van der Waals surface area contributed by atoms with Gasteiger partial charge in [0, 0.05) is 18.4 Å². The molecule has 0 bridgehead atoms. The van der Waals surface area contributed by atoms with E-state index in [-0.39, 0.29) is 0 Å². The molecule has 1 aliphatic carbocycles. The van der Waals surface area contributed by atoms with Gasteiger partial charge in [-0.3, -0.25) is 4.98 Å². The third-order valence-electron chi connectivity index (χ3n) is 3.50. The largest absolute Gasteiger partial charge is 0.313 e. The van der Waals surface area contributed by atoms with Crippen molar-refractivity contribution in [3.63, 3.8) is 0 Å². The lowest BCUT2D eigenvalue weighted by Crippen LogP contribution is -2.19. The Morgan fingerprint density at radius 3 is 2.60 bits per heavy atom. The third kappa shape index (κ3) is 2.78. The molecule has 15 heavy (non-hydrogen) atoms. The fourth-order valence-corrected chi connectivity index (χ4v) is 2.60. The van der Waals surface area contributed by atoms with Gasteiger partial charge < -0.3 is 5.32 Å². The minimum Gasteiger partial charge on any atom is -0.313 e. The van der Waals surface area contributed by atoms with Gasteiger partial charge in [0.15, 0.2) is 0 Å². The second-order valence-corrected chi connectivity index (χ2v) is 4.51. The van der Waals surface area contributed by atoms with Gasteiger partial charge in [-0.2, -0.15) is 0 Å². The van der Waals surface area contributed by atoms with Crippen molar-refractivity contribution in [2.24, 2.45) is 5.92 Å². The highest BCUT2D eigenvalue weighted by Crippen LogP contribution is 2.32. The van der Waals surface area contributed by atoms with Crippen LogP contribution in [0.3, 0.4) is 0 Å². The second kappa shape index (κ2) is 5.26. The molecule has 1 aromatic heterocycles. The van der Waals surface area contributed by atoms with E-state index < -0.39 is 0 Å².